The van der Waals surface area contributed by atoms with Gasteiger partial charge in [-0.3, -0.25) is 0 Å². The summed E-state index contributed by atoms with van der Waals surface area (Å²) in [5.41, 5.74) is 2.51. The summed E-state index contributed by atoms with van der Waals surface area (Å²) < 4.78 is 33.2. The van der Waals surface area contributed by atoms with Gasteiger partial charge in [0.2, 0.25) is 10.0 Å². The molecule has 1 aromatic carbocycles. The third-order valence-electron chi connectivity index (χ3n) is 5.07. The highest BCUT2D eigenvalue weighted by molar-refractivity contribution is 7.89. The van der Waals surface area contributed by atoms with E-state index >= 15 is 0 Å². The van der Waals surface area contributed by atoms with Gasteiger partial charge in [-0.1, -0.05) is 37.6 Å². The van der Waals surface area contributed by atoms with E-state index in [1.807, 2.05) is 12.1 Å². The lowest BCUT2D eigenvalue weighted by Crippen LogP contribution is -2.43. The van der Waals surface area contributed by atoms with Gasteiger partial charge >= 0.3 is 0 Å². The Balaban J connectivity index is 1.82. The van der Waals surface area contributed by atoms with E-state index in [9.17, 15) is 8.42 Å². The molecule has 2 heterocycles. The Labute approximate surface area is 139 Å². The topological polar surface area (TPSA) is 46.6 Å². The Morgan fingerprint density at radius 2 is 1.96 bits per heavy atom. The molecule has 1 saturated heterocycles. The van der Waals surface area contributed by atoms with Crippen molar-refractivity contribution in [3.05, 3.63) is 35.4 Å². The number of nitrogens with zero attached hydrogens (tertiary/aromatic N) is 1. The van der Waals surface area contributed by atoms with E-state index in [-0.39, 0.29) is 17.7 Å². The lowest BCUT2D eigenvalue weighted by molar-refractivity contribution is 0.0719. The third-order valence-corrected chi connectivity index (χ3v) is 7.11. The molecular weight excluding hydrogens is 310 g/mol. The molecule has 1 atom stereocenters. The number of rotatable bonds is 5. The van der Waals surface area contributed by atoms with Crippen LogP contribution in [0.5, 0.6) is 0 Å². The molecule has 0 amide bonds. The summed E-state index contributed by atoms with van der Waals surface area (Å²) in [5, 5.41) is 0. The second-order valence-electron chi connectivity index (χ2n) is 6.70. The van der Waals surface area contributed by atoms with Crippen LogP contribution in [0.2, 0.25) is 0 Å². The maximum absolute atomic E-state index is 13.0. The maximum atomic E-state index is 13.0. The molecule has 1 aromatic rings. The molecule has 128 valence electrons. The molecule has 0 spiro atoms. The first-order chi connectivity index (χ1) is 11.1. The minimum Gasteiger partial charge on any atom is -0.381 e. The summed E-state index contributed by atoms with van der Waals surface area (Å²) in [6, 6.07) is 8.32. The Morgan fingerprint density at radius 1 is 1.22 bits per heavy atom. The summed E-state index contributed by atoms with van der Waals surface area (Å²) in [4.78, 5) is 0. The molecule has 5 heteroatoms. The molecule has 4 nitrogen and oxygen atoms in total. The van der Waals surface area contributed by atoms with Gasteiger partial charge in [-0.25, -0.2) is 8.42 Å². The van der Waals surface area contributed by atoms with Crippen molar-refractivity contribution in [2.24, 2.45) is 5.92 Å². The normalized spacial score (nSPS) is 23.6. The average Bonchev–Trinajstić information content (AvgIpc) is 2.55. The molecule has 0 N–H and O–H groups in total. The average molecular weight is 337 g/mol. The zero-order valence-corrected chi connectivity index (χ0v) is 14.7. The predicted octanol–water partition coefficient (Wildman–Crippen LogP) is 3.14. The Kier molecular flexibility index (Phi) is 5.39. The van der Waals surface area contributed by atoms with E-state index in [4.69, 9.17) is 4.74 Å². The number of sulfonamides is 1. The zero-order valence-electron chi connectivity index (χ0n) is 13.9. The van der Waals surface area contributed by atoms with Crippen molar-refractivity contribution in [2.45, 2.75) is 45.1 Å². The molecule has 3 rings (SSSR count). The fourth-order valence-corrected chi connectivity index (χ4v) is 5.94. The molecule has 0 aliphatic carbocycles. The molecule has 0 radical (unpaired) electrons. The van der Waals surface area contributed by atoms with E-state index in [1.54, 1.807) is 4.31 Å². The minimum absolute atomic E-state index is 0.00907. The Bertz CT molecular complexity index is 623. The van der Waals surface area contributed by atoms with E-state index in [2.05, 4.69) is 19.1 Å². The van der Waals surface area contributed by atoms with Gasteiger partial charge in [0, 0.05) is 25.8 Å². The van der Waals surface area contributed by atoms with Crippen molar-refractivity contribution < 1.29 is 13.2 Å². The Hall–Kier alpha value is -0.910. The fraction of sp³-hybridized carbons (Fsp3) is 0.667. The second kappa shape index (κ2) is 7.32. The van der Waals surface area contributed by atoms with Crippen LogP contribution in [0.4, 0.5) is 0 Å². The summed E-state index contributed by atoms with van der Waals surface area (Å²) in [6.07, 6.45) is 4.43. The smallest absolute Gasteiger partial charge is 0.214 e. The van der Waals surface area contributed by atoms with Crippen LogP contribution in [-0.4, -0.2) is 38.2 Å². The quantitative estimate of drug-likeness (QED) is 0.829. The summed E-state index contributed by atoms with van der Waals surface area (Å²) in [7, 11) is -3.22. The molecule has 1 fully saturated rings. The summed E-state index contributed by atoms with van der Waals surface area (Å²) in [5.74, 6) is 0.520. The van der Waals surface area contributed by atoms with E-state index in [1.165, 1.54) is 11.1 Å². The van der Waals surface area contributed by atoms with E-state index < -0.39 is 10.0 Å². The highest BCUT2D eigenvalue weighted by Crippen LogP contribution is 2.36. The first-order valence-electron chi connectivity index (χ1n) is 8.77. The molecule has 2 aliphatic heterocycles. The van der Waals surface area contributed by atoms with Crippen molar-refractivity contribution in [3.63, 3.8) is 0 Å². The van der Waals surface area contributed by atoms with E-state index in [0.717, 1.165) is 32.1 Å². The Morgan fingerprint density at radius 3 is 2.70 bits per heavy atom. The van der Waals surface area contributed by atoms with Crippen molar-refractivity contribution in [2.75, 3.05) is 25.5 Å². The van der Waals surface area contributed by atoms with Crippen LogP contribution in [0, 0.1) is 5.92 Å². The first kappa shape index (κ1) is 16.9. The highest BCUT2D eigenvalue weighted by atomic mass is 32.2. The number of ether oxygens (including phenoxy) is 1. The van der Waals surface area contributed by atoms with Gasteiger partial charge in [0.15, 0.2) is 0 Å². The van der Waals surface area contributed by atoms with Crippen LogP contribution in [0.25, 0.3) is 0 Å². The molecule has 23 heavy (non-hydrogen) atoms. The van der Waals surface area contributed by atoms with Crippen LogP contribution in [-0.2, 0) is 21.2 Å². The summed E-state index contributed by atoms with van der Waals surface area (Å²) in [6.45, 7) is 4.14. The highest BCUT2D eigenvalue weighted by Gasteiger charge is 2.36. The van der Waals surface area contributed by atoms with Crippen molar-refractivity contribution >= 4 is 10.0 Å². The molecular formula is C18H27NO3S. The fourth-order valence-electron chi connectivity index (χ4n) is 3.84. The molecule has 2 aliphatic rings. The zero-order chi connectivity index (χ0) is 16.3. The number of benzene rings is 1. The largest absolute Gasteiger partial charge is 0.381 e. The van der Waals surface area contributed by atoms with Crippen LogP contribution in [0.3, 0.4) is 0 Å². The van der Waals surface area contributed by atoms with Crippen LogP contribution < -0.4 is 0 Å². The molecule has 0 aromatic heterocycles. The minimum atomic E-state index is -3.22. The van der Waals surface area contributed by atoms with Gasteiger partial charge in [-0.15, -0.1) is 0 Å². The van der Waals surface area contributed by atoms with Gasteiger partial charge in [0.25, 0.3) is 0 Å². The monoisotopic (exact) mass is 337 g/mol. The van der Waals surface area contributed by atoms with Crippen LogP contribution in [0.1, 0.15) is 49.8 Å². The van der Waals surface area contributed by atoms with Crippen molar-refractivity contribution in [1.29, 1.82) is 0 Å². The number of hydrogen-bond donors (Lipinski definition) is 0. The third kappa shape index (κ3) is 3.78. The van der Waals surface area contributed by atoms with Crippen LogP contribution >= 0.6 is 0 Å². The van der Waals surface area contributed by atoms with E-state index in [0.29, 0.717) is 19.8 Å². The lowest BCUT2D eigenvalue weighted by atomic mass is 9.92. The van der Waals surface area contributed by atoms with Crippen LogP contribution in [0.15, 0.2) is 24.3 Å². The molecule has 0 bridgehead atoms. The molecule has 0 saturated carbocycles. The number of hydrogen-bond acceptors (Lipinski definition) is 3. The maximum Gasteiger partial charge on any atom is 0.214 e. The van der Waals surface area contributed by atoms with Gasteiger partial charge in [-0.2, -0.15) is 4.31 Å². The van der Waals surface area contributed by atoms with Crippen molar-refractivity contribution in [3.8, 4) is 0 Å². The number of fused-ring (bicyclic) bond motifs is 1. The standard InChI is InChI=1S/C18H27NO3S/c1-2-5-18-17-7-4-3-6-16(17)8-11-19(18)23(20,21)14-15-9-12-22-13-10-15/h3-4,6-7,15,18H,2,5,8-14H2,1H3/t18-/m0/s1. The van der Waals surface area contributed by atoms with Gasteiger partial charge in [0.1, 0.15) is 0 Å². The van der Waals surface area contributed by atoms with Gasteiger partial charge in [0.05, 0.1) is 5.75 Å². The molecule has 0 unspecified atom stereocenters. The SMILES string of the molecule is CCC[C@H]1c2ccccc2CCN1S(=O)(=O)CC1CCOCC1. The predicted molar refractivity (Wildman–Crippen MR) is 91.8 cm³/mol. The first-order valence-corrected chi connectivity index (χ1v) is 10.4. The van der Waals surface area contributed by atoms with Crippen molar-refractivity contribution in [1.82, 2.24) is 4.31 Å². The van der Waals surface area contributed by atoms with Gasteiger partial charge in [-0.05, 0) is 42.7 Å². The van der Waals surface area contributed by atoms with Gasteiger partial charge < -0.3 is 4.74 Å². The second-order valence-corrected chi connectivity index (χ2v) is 8.66. The lowest BCUT2D eigenvalue weighted by Gasteiger charge is -2.37. The summed E-state index contributed by atoms with van der Waals surface area (Å²) >= 11 is 0.